The van der Waals surface area contributed by atoms with Gasteiger partial charge < -0.3 is 4.90 Å². The zero-order chi connectivity index (χ0) is 19.0. The average Bonchev–Trinajstić information content (AvgIpc) is 3.26. The minimum Gasteiger partial charge on any atom is -0.336 e. The zero-order valence-corrected chi connectivity index (χ0v) is 16.3. The van der Waals surface area contributed by atoms with E-state index in [9.17, 15) is 4.79 Å². The van der Waals surface area contributed by atoms with Crippen LogP contribution in [0.4, 0.5) is 0 Å². The van der Waals surface area contributed by atoms with E-state index in [0.717, 1.165) is 22.6 Å². The third-order valence-corrected chi connectivity index (χ3v) is 5.07. The summed E-state index contributed by atoms with van der Waals surface area (Å²) in [5.74, 6) is -0.140. The zero-order valence-electron chi connectivity index (χ0n) is 15.6. The molecule has 0 bridgehead atoms. The monoisotopic (exact) mass is 375 g/mol. The van der Waals surface area contributed by atoms with E-state index in [1.54, 1.807) is 44.5 Å². The van der Waals surface area contributed by atoms with Gasteiger partial charge in [-0.1, -0.05) is 11.6 Å². The van der Waals surface area contributed by atoms with E-state index in [1.165, 1.54) is 0 Å². The molecule has 0 saturated heterocycles. The van der Waals surface area contributed by atoms with Gasteiger partial charge in [-0.15, -0.1) is 0 Å². The number of hydrogen-bond donors (Lipinski definition) is 0. The largest absolute Gasteiger partial charge is 0.336 e. The molecule has 3 heterocycles. The van der Waals surface area contributed by atoms with E-state index in [0.29, 0.717) is 23.9 Å². The van der Waals surface area contributed by atoms with Gasteiger partial charge in [0.15, 0.2) is 0 Å². The summed E-state index contributed by atoms with van der Waals surface area (Å²) in [6, 6.07) is 1.71. The summed E-state index contributed by atoms with van der Waals surface area (Å²) < 4.78 is 5.23. The number of carbonyl (C=O) groups is 1. The highest BCUT2D eigenvalue weighted by Crippen LogP contribution is 2.19. The van der Waals surface area contributed by atoms with E-state index in [4.69, 9.17) is 11.6 Å². The fourth-order valence-corrected chi connectivity index (χ4v) is 2.86. The number of carbonyl (C=O) groups excluding carboxylic acids is 1. The summed E-state index contributed by atoms with van der Waals surface area (Å²) in [6.07, 6.45) is 3.55. The van der Waals surface area contributed by atoms with Gasteiger partial charge in [-0.25, -0.2) is 4.68 Å². The van der Waals surface area contributed by atoms with Crippen LogP contribution in [0.25, 0.3) is 0 Å². The van der Waals surface area contributed by atoms with Crippen LogP contribution in [0.15, 0.2) is 18.5 Å². The number of aromatic nitrogens is 6. The van der Waals surface area contributed by atoms with Crippen LogP contribution in [0.5, 0.6) is 0 Å². The normalized spacial score (nSPS) is 11.2. The molecule has 0 aromatic carbocycles. The molecule has 0 radical (unpaired) electrons. The minimum atomic E-state index is -0.140. The number of halogens is 1. The second kappa shape index (κ2) is 6.95. The Hall–Kier alpha value is -2.61. The highest BCUT2D eigenvalue weighted by atomic mass is 35.5. The molecule has 0 unspecified atom stereocenters. The first-order chi connectivity index (χ1) is 12.3. The van der Waals surface area contributed by atoms with Crippen LogP contribution in [0.1, 0.15) is 33.1 Å². The average molecular weight is 376 g/mol. The molecular weight excluding hydrogens is 354 g/mol. The van der Waals surface area contributed by atoms with Crippen molar-refractivity contribution in [1.29, 1.82) is 0 Å². The first-order valence-corrected chi connectivity index (χ1v) is 8.61. The molecule has 0 N–H and O–H groups in total. The van der Waals surface area contributed by atoms with Crippen molar-refractivity contribution in [1.82, 2.24) is 34.2 Å². The Balaban J connectivity index is 1.71. The van der Waals surface area contributed by atoms with E-state index in [-0.39, 0.29) is 5.91 Å². The lowest BCUT2D eigenvalue weighted by molar-refractivity contribution is 0.0778. The Labute approximate surface area is 157 Å². The van der Waals surface area contributed by atoms with Crippen molar-refractivity contribution >= 4 is 17.5 Å². The van der Waals surface area contributed by atoms with Crippen LogP contribution in [-0.2, 0) is 20.3 Å². The Morgan fingerprint density at radius 2 is 1.96 bits per heavy atom. The van der Waals surface area contributed by atoms with Gasteiger partial charge in [0.1, 0.15) is 12.4 Å². The SMILES string of the molecule is Cc1nn(Cn2ccc(C(=O)N(C)Cc3cnn(C)c3C)n2)c(C)c1Cl. The van der Waals surface area contributed by atoms with Gasteiger partial charge in [-0.3, -0.25) is 14.2 Å². The molecule has 1 amide bonds. The highest BCUT2D eigenvalue weighted by molar-refractivity contribution is 6.31. The summed E-state index contributed by atoms with van der Waals surface area (Å²) in [4.78, 5) is 14.3. The van der Waals surface area contributed by atoms with E-state index < -0.39 is 0 Å². The van der Waals surface area contributed by atoms with Gasteiger partial charge in [0, 0.05) is 38.1 Å². The van der Waals surface area contributed by atoms with Gasteiger partial charge in [0.05, 0.1) is 22.6 Å². The minimum absolute atomic E-state index is 0.140. The molecule has 0 saturated carbocycles. The second-order valence-corrected chi connectivity index (χ2v) is 6.78. The molecule has 0 atom stereocenters. The van der Waals surface area contributed by atoms with Crippen molar-refractivity contribution in [2.75, 3.05) is 7.05 Å². The molecule has 0 fully saturated rings. The Kier molecular flexibility index (Phi) is 4.86. The van der Waals surface area contributed by atoms with Crippen LogP contribution < -0.4 is 0 Å². The van der Waals surface area contributed by atoms with Crippen LogP contribution in [0.3, 0.4) is 0 Å². The third kappa shape index (κ3) is 3.37. The maximum atomic E-state index is 12.6. The summed E-state index contributed by atoms with van der Waals surface area (Å²) in [7, 11) is 3.64. The van der Waals surface area contributed by atoms with Crippen molar-refractivity contribution in [3.05, 3.63) is 51.8 Å². The van der Waals surface area contributed by atoms with E-state index in [2.05, 4.69) is 15.3 Å². The predicted molar refractivity (Wildman–Crippen MR) is 98.1 cm³/mol. The molecule has 0 aliphatic carbocycles. The summed E-state index contributed by atoms with van der Waals surface area (Å²) in [5, 5.41) is 13.6. The molecule has 26 heavy (non-hydrogen) atoms. The van der Waals surface area contributed by atoms with Crippen molar-refractivity contribution in [3.63, 3.8) is 0 Å². The maximum absolute atomic E-state index is 12.6. The number of hydrogen-bond acceptors (Lipinski definition) is 4. The standard InChI is InChI=1S/C17H22ClN7O/c1-11-16(18)13(3)25(20-11)10-24-7-6-15(21-24)17(26)22(4)9-14-8-19-23(5)12(14)2/h6-8H,9-10H2,1-5H3. The molecule has 0 spiro atoms. The topological polar surface area (TPSA) is 73.8 Å². The van der Waals surface area contributed by atoms with Gasteiger partial charge in [-0.2, -0.15) is 15.3 Å². The Bertz CT molecular complexity index is 953. The van der Waals surface area contributed by atoms with Gasteiger partial charge in [-0.05, 0) is 26.8 Å². The smallest absolute Gasteiger partial charge is 0.274 e. The molecule has 3 aromatic heterocycles. The summed E-state index contributed by atoms with van der Waals surface area (Å²) in [6.45, 7) is 6.63. The molecule has 8 nitrogen and oxygen atoms in total. The van der Waals surface area contributed by atoms with Crippen LogP contribution in [0.2, 0.25) is 5.02 Å². The molecule has 3 aromatic rings. The van der Waals surface area contributed by atoms with E-state index in [1.807, 2.05) is 27.8 Å². The Morgan fingerprint density at radius 1 is 1.23 bits per heavy atom. The summed E-state index contributed by atoms with van der Waals surface area (Å²) >= 11 is 6.17. The van der Waals surface area contributed by atoms with Crippen LogP contribution in [-0.4, -0.2) is 47.2 Å². The Morgan fingerprint density at radius 3 is 2.54 bits per heavy atom. The molecular formula is C17H22ClN7O. The molecule has 138 valence electrons. The lowest BCUT2D eigenvalue weighted by atomic mass is 10.2. The fraction of sp³-hybridized carbons (Fsp3) is 0.412. The molecule has 3 rings (SSSR count). The van der Waals surface area contributed by atoms with Gasteiger partial charge in [0.25, 0.3) is 5.91 Å². The number of nitrogens with zero attached hydrogens (tertiary/aromatic N) is 7. The lowest BCUT2D eigenvalue weighted by Crippen LogP contribution is -2.27. The molecule has 0 aliphatic rings. The number of rotatable bonds is 5. The van der Waals surface area contributed by atoms with Crippen molar-refractivity contribution in [2.24, 2.45) is 7.05 Å². The highest BCUT2D eigenvalue weighted by Gasteiger charge is 2.17. The summed E-state index contributed by atoms with van der Waals surface area (Å²) in [5.41, 5.74) is 4.09. The quantitative estimate of drug-likeness (QED) is 0.685. The molecule has 0 aliphatic heterocycles. The van der Waals surface area contributed by atoms with Gasteiger partial charge >= 0.3 is 0 Å². The first kappa shape index (κ1) is 18.2. The number of amides is 1. The molecule has 9 heteroatoms. The second-order valence-electron chi connectivity index (χ2n) is 6.41. The van der Waals surface area contributed by atoms with E-state index >= 15 is 0 Å². The van der Waals surface area contributed by atoms with Gasteiger partial charge in [0.2, 0.25) is 0 Å². The van der Waals surface area contributed by atoms with Crippen molar-refractivity contribution in [2.45, 2.75) is 34.0 Å². The number of aryl methyl sites for hydroxylation is 2. The van der Waals surface area contributed by atoms with Crippen molar-refractivity contribution in [3.8, 4) is 0 Å². The maximum Gasteiger partial charge on any atom is 0.274 e. The van der Waals surface area contributed by atoms with Crippen LogP contribution in [0, 0.1) is 20.8 Å². The first-order valence-electron chi connectivity index (χ1n) is 8.23. The van der Waals surface area contributed by atoms with Crippen molar-refractivity contribution < 1.29 is 4.79 Å². The predicted octanol–water partition coefficient (Wildman–Crippen LogP) is 2.17. The third-order valence-electron chi connectivity index (χ3n) is 4.52. The lowest BCUT2D eigenvalue weighted by Gasteiger charge is -2.15. The van der Waals surface area contributed by atoms with Crippen LogP contribution >= 0.6 is 11.6 Å². The fourth-order valence-electron chi connectivity index (χ4n) is 2.73.